The number of sulfonamides is 1. The maximum atomic E-state index is 14.4. The van der Waals surface area contributed by atoms with Crippen LogP contribution in [0.2, 0.25) is 4.34 Å². The average Bonchev–Trinajstić information content (AvgIpc) is 3.09. The minimum absolute atomic E-state index is 0.0195. The zero-order valence-corrected chi connectivity index (χ0v) is 18.0. The molecule has 0 atom stereocenters. The highest BCUT2D eigenvalue weighted by Crippen LogP contribution is 2.26. The number of ether oxygens (including phenoxy) is 1. The molecule has 0 aliphatic rings. The van der Waals surface area contributed by atoms with Crippen LogP contribution in [0.15, 0.2) is 53.6 Å². The SMILES string of the molecule is O=C(NCc1cccc(OC(F)(F)F)c1)c1ccc(S(=O)(=O)Nc2ncc(Cl)s2)cc1F. The van der Waals surface area contributed by atoms with Crippen LogP contribution in [0.3, 0.4) is 0 Å². The number of nitrogens with one attached hydrogen (secondary N) is 2. The fourth-order valence-corrected chi connectivity index (χ4v) is 4.52. The molecule has 0 aliphatic carbocycles. The number of carbonyl (C=O) groups is 1. The van der Waals surface area contributed by atoms with E-state index in [-0.39, 0.29) is 21.6 Å². The molecule has 170 valence electrons. The van der Waals surface area contributed by atoms with Crippen molar-refractivity contribution in [1.82, 2.24) is 10.3 Å². The second kappa shape index (κ2) is 9.30. The Morgan fingerprint density at radius 3 is 2.56 bits per heavy atom. The predicted octanol–water partition coefficient (Wildman–Crippen LogP) is 4.57. The second-order valence-corrected chi connectivity index (χ2v) is 9.44. The zero-order valence-electron chi connectivity index (χ0n) is 15.6. The maximum Gasteiger partial charge on any atom is 0.573 e. The van der Waals surface area contributed by atoms with E-state index in [2.05, 4.69) is 19.8 Å². The van der Waals surface area contributed by atoms with Crippen molar-refractivity contribution in [2.45, 2.75) is 17.8 Å². The summed E-state index contributed by atoms with van der Waals surface area (Å²) in [6.45, 7) is -0.222. The number of hydrogen-bond acceptors (Lipinski definition) is 6. The summed E-state index contributed by atoms with van der Waals surface area (Å²) >= 11 is 6.55. The lowest BCUT2D eigenvalue weighted by Gasteiger charge is -2.11. The van der Waals surface area contributed by atoms with E-state index in [1.54, 1.807) is 0 Å². The molecule has 0 unspecified atom stereocenters. The quantitative estimate of drug-likeness (QED) is 0.455. The van der Waals surface area contributed by atoms with Gasteiger partial charge in [-0.05, 0) is 35.9 Å². The topological polar surface area (TPSA) is 97.4 Å². The number of halogens is 5. The van der Waals surface area contributed by atoms with Crippen LogP contribution < -0.4 is 14.8 Å². The third-order valence-electron chi connectivity index (χ3n) is 3.78. The van der Waals surface area contributed by atoms with Crippen molar-refractivity contribution < 1.29 is 35.5 Å². The van der Waals surface area contributed by atoms with E-state index < -0.39 is 44.3 Å². The number of benzene rings is 2. The van der Waals surface area contributed by atoms with Crippen molar-refractivity contribution in [3.8, 4) is 5.75 Å². The summed E-state index contributed by atoms with van der Waals surface area (Å²) < 4.78 is 82.2. The van der Waals surface area contributed by atoms with Crippen LogP contribution in [0.1, 0.15) is 15.9 Å². The fourth-order valence-electron chi connectivity index (χ4n) is 2.45. The zero-order chi connectivity index (χ0) is 23.5. The first-order valence-corrected chi connectivity index (χ1v) is 11.2. The van der Waals surface area contributed by atoms with E-state index >= 15 is 0 Å². The van der Waals surface area contributed by atoms with Gasteiger partial charge in [-0.2, -0.15) is 0 Å². The Kier molecular flexibility index (Phi) is 6.91. The van der Waals surface area contributed by atoms with Crippen molar-refractivity contribution in [2.75, 3.05) is 4.72 Å². The summed E-state index contributed by atoms with van der Waals surface area (Å²) in [5, 5.41) is 2.32. The maximum absolute atomic E-state index is 14.4. The molecule has 1 aromatic heterocycles. The number of carbonyl (C=O) groups excluding carboxylic acids is 1. The van der Waals surface area contributed by atoms with Crippen molar-refractivity contribution in [3.63, 3.8) is 0 Å². The molecular weight excluding hydrogens is 498 g/mol. The summed E-state index contributed by atoms with van der Waals surface area (Å²) in [7, 11) is -4.18. The Bertz CT molecular complexity index is 1250. The van der Waals surface area contributed by atoms with Crippen LogP contribution in [-0.2, 0) is 16.6 Å². The number of nitrogens with zero attached hydrogens (tertiary/aromatic N) is 1. The minimum atomic E-state index is -4.87. The van der Waals surface area contributed by atoms with Crippen LogP contribution in [0.25, 0.3) is 0 Å². The van der Waals surface area contributed by atoms with Crippen LogP contribution in [0.4, 0.5) is 22.7 Å². The first-order valence-electron chi connectivity index (χ1n) is 8.49. The van der Waals surface area contributed by atoms with E-state index in [1.807, 2.05) is 0 Å². The van der Waals surface area contributed by atoms with Crippen LogP contribution >= 0.6 is 22.9 Å². The van der Waals surface area contributed by atoms with Crippen molar-refractivity contribution in [1.29, 1.82) is 0 Å². The van der Waals surface area contributed by atoms with Gasteiger partial charge >= 0.3 is 6.36 Å². The Hall–Kier alpha value is -2.90. The Labute approximate surface area is 188 Å². The molecule has 7 nitrogen and oxygen atoms in total. The summed E-state index contributed by atoms with van der Waals surface area (Å²) in [6, 6.07) is 7.54. The molecule has 1 heterocycles. The molecule has 3 aromatic rings. The number of amides is 1. The van der Waals surface area contributed by atoms with Crippen molar-refractivity contribution in [3.05, 3.63) is 69.9 Å². The highest BCUT2D eigenvalue weighted by Gasteiger charge is 2.31. The van der Waals surface area contributed by atoms with Gasteiger partial charge in [0.1, 0.15) is 15.9 Å². The van der Waals surface area contributed by atoms with Gasteiger partial charge in [-0.15, -0.1) is 13.2 Å². The Morgan fingerprint density at radius 1 is 1.19 bits per heavy atom. The van der Waals surface area contributed by atoms with Gasteiger partial charge in [-0.25, -0.2) is 17.8 Å². The summed E-state index contributed by atoms with van der Waals surface area (Å²) in [5.41, 5.74) is -0.185. The van der Waals surface area contributed by atoms with Gasteiger partial charge in [-0.1, -0.05) is 35.1 Å². The van der Waals surface area contributed by atoms with E-state index in [1.165, 1.54) is 18.3 Å². The minimum Gasteiger partial charge on any atom is -0.406 e. The smallest absolute Gasteiger partial charge is 0.406 e. The highest BCUT2D eigenvalue weighted by atomic mass is 35.5. The first-order chi connectivity index (χ1) is 14.9. The molecule has 32 heavy (non-hydrogen) atoms. The molecule has 0 spiro atoms. The lowest BCUT2D eigenvalue weighted by Crippen LogP contribution is -2.24. The second-order valence-electron chi connectivity index (χ2n) is 6.09. The standard InChI is InChI=1S/C18H12ClF4N3O4S2/c19-15-9-25-17(31-15)26-32(28,29)12-4-5-13(14(20)7-12)16(27)24-8-10-2-1-3-11(6-10)30-18(21,22)23/h1-7,9H,8H2,(H,24,27)(H,25,26). The van der Waals surface area contributed by atoms with Crippen LogP contribution in [0, 0.1) is 5.82 Å². The number of thiazole rings is 1. The number of alkyl halides is 3. The van der Waals surface area contributed by atoms with E-state index in [4.69, 9.17) is 11.6 Å². The van der Waals surface area contributed by atoms with Gasteiger partial charge in [0.2, 0.25) is 0 Å². The third-order valence-corrected chi connectivity index (χ3v) is 6.28. The lowest BCUT2D eigenvalue weighted by atomic mass is 10.1. The molecule has 14 heteroatoms. The van der Waals surface area contributed by atoms with Crippen molar-refractivity contribution in [2.24, 2.45) is 0 Å². The molecule has 0 aliphatic heterocycles. The molecule has 2 N–H and O–H groups in total. The normalized spacial score (nSPS) is 11.8. The van der Waals surface area contributed by atoms with Gasteiger partial charge < -0.3 is 10.1 Å². The molecule has 2 aromatic carbocycles. The summed E-state index contributed by atoms with van der Waals surface area (Å²) in [5.74, 6) is -2.48. The van der Waals surface area contributed by atoms with Gasteiger partial charge in [-0.3, -0.25) is 9.52 Å². The average molecular weight is 510 g/mol. The van der Waals surface area contributed by atoms with E-state index in [0.717, 1.165) is 35.6 Å². The van der Waals surface area contributed by atoms with Gasteiger partial charge in [0.15, 0.2) is 5.13 Å². The molecule has 0 saturated carbocycles. The molecule has 3 rings (SSSR count). The molecule has 0 fully saturated rings. The Morgan fingerprint density at radius 2 is 1.94 bits per heavy atom. The molecule has 0 radical (unpaired) electrons. The van der Waals surface area contributed by atoms with E-state index in [9.17, 15) is 30.8 Å². The fraction of sp³-hybridized carbons (Fsp3) is 0.111. The lowest BCUT2D eigenvalue weighted by molar-refractivity contribution is -0.274. The Balaban J connectivity index is 1.68. The molecule has 0 bridgehead atoms. The van der Waals surface area contributed by atoms with E-state index in [0.29, 0.717) is 6.07 Å². The molecule has 1 amide bonds. The predicted molar refractivity (Wildman–Crippen MR) is 109 cm³/mol. The number of anilines is 1. The molecule has 0 saturated heterocycles. The highest BCUT2D eigenvalue weighted by molar-refractivity contribution is 7.93. The van der Waals surface area contributed by atoms with Crippen LogP contribution in [0.5, 0.6) is 5.75 Å². The number of rotatable bonds is 7. The number of aromatic nitrogens is 1. The largest absolute Gasteiger partial charge is 0.573 e. The monoisotopic (exact) mass is 509 g/mol. The number of hydrogen-bond donors (Lipinski definition) is 2. The van der Waals surface area contributed by atoms with Gasteiger partial charge in [0, 0.05) is 6.54 Å². The van der Waals surface area contributed by atoms with Gasteiger partial charge in [0.05, 0.1) is 16.7 Å². The first kappa shape index (κ1) is 23.8. The third kappa shape index (κ3) is 6.31. The molecular formula is C18H12ClF4N3O4S2. The summed E-state index contributed by atoms with van der Waals surface area (Å²) in [4.78, 5) is 15.5. The van der Waals surface area contributed by atoms with Crippen molar-refractivity contribution >= 4 is 44.0 Å². The van der Waals surface area contributed by atoms with Crippen LogP contribution in [-0.4, -0.2) is 25.7 Å². The van der Waals surface area contributed by atoms with Gasteiger partial charge in [0.25, 0.3) is 15.9 Å². The summed E-state index contributed by atoms with van der Waals surface area (Å²) in [6.07, 6.45) is -3.63.